The van der Waals surface area contributed by atoms with Crippen molar-refractivity contribution in [3.05, 3.63) is 140 Å². The van der Waals surface area contributed by atoms with Crippen molar-refractivity contribution >= 4 is 135 Å². The maximum Gasteiger partial charge on any atom is 0.313 e. The van der Waals surface area contributed by atoms with Gasteiger partial charge in [-0.2, -0.15) is 0 Å². The van der Waals surface area contributed by atoms with E-state index in [0.29, 0.717) is 71.9 Å². The van der Waals surface area contributed by atoms with E-state index < -0.39 is 35.4 Å². The van der Waals surface area contributed by atoms with Gasteiger partial charge in [0.05, 0.1) is 99.5 Å². The molecule has 12 rings (SSSR count). The van der Waals surface area contributed by atoms with Gasteiger partial charge in [0, 0.05) is 19.6 Å². The molecule has 0 spiro atoms. The van der Waals surface area contributed by atoms with E-state index in [4.69, 9.17) is 17.2 Å². The standard InChI is InChI=1S/3C22H25N5O2S/c3*1-12-4-6-18(15-5-7-19-17(9-15)25-14(3)30-19)27(11-12)22(29)21(28)26-16-8-13(2)20(23)24-10-16/h3*5,7-10,12,18H,4,6,11H2,1-3H3,(H2,23,24)(H,26,28)/t3*12-,18+/m100/s1. The average molecular weight is 1270 g/mol. The van der Waals surface area contributed by atoms with E-state index in [1.807, 2.05) is 57.2 Å². The number of amides is 6. The Kier molecular flexibility index (Phi) is 19.5. The van der Waals surface area contributed by atoms with Gasteiger partial charge in [0.1, 0.15) is 17.5 Å². The van der Waals surface area contributed by atoms with Crippen LogP contribution in [0.25, 0.3) is 30.6 Å². The predicted octanol–water partition coefficient (Wildman–Crippen LogP) is 11.5. The lowest BCUT2D eigenvalue weighted by molar-refractivity contribution is -0.146. The number of likely N-dealkylation sites (tertiary alicyclic amines) is 3. The number of hydrogen-bond acceptors (Lipinski definition) is 18. The summed E-state index contributed by atoms with van der Waals surface area (Å²) in [7, 11) is 0. The first kappa shape index (κ1) is 64.0. The molecule has 6 amide bonds. The fourth-order valence-corrected chi connectivity index (χ4v) is 14.3. The third-order valence-corrected chi connectivity index (χ3v) is 19.5. The van der Waals surface area contributed by atoms with Gasteiger partial charge in [-0.3, -0.25) is 28.8 Å². The van der Waals surface area contributed by atoms with Crippen LogP contribution in [0.3, 0.4) is 0 Å². The van der Waals surface area contributed by atoms with E-state index in [1.165, 1.54) is 18.6 Å². The molecular formula is C66H75N15O6S3. The summed E-state index contributed by atoms with van der Waals surface area (Å²) in [4.78, 5) is 108. The van der Waals surface area contributed by atoms with Gasteiger partial charge < -0.3 is 47.9 Å². The summed E-state index contributed by atoms with van der Waals surface area (Å²) in [5.41, 5.74) is 26.7. The second-order valence-electron chi connectivity index (χ2n) is 24.0. The Hall–Kier alpha value is -9.00. The zero-order valence-corrected chi connectivity index (χ0v) is 54.4. The second-order valence-corrected chi connectivity index (χ2v) is 27.7. The van der Waals surface area contributed by atoms with Crippen LogP contribution >= 0.6 is 34.0 Å². The minimum absolute atomic E-state index is 0.142. The Balaban J connectivity index is 0.000000148. The van der Waals surface area contributed by atoms with Crippen molar-refractivity contribution in [3.63, 3.8) is 0 Å². The van der Waals surface area contributed by atoms with Crippen LogP contribution in [0.2, 0.25) is 0 Å². The molecule has 0 saturated carbocycles. The fourth-order valence-electron chi connectivity index (χ4n) is 11.9. The molecule has 24 heteroatoms. The number of carbonyl (C=O) groups excluding carboxylic acids is 6. The first-order chi connectivity index (χ1) is 42.9. The number of nitrogens with zero attached hydrogens (tertiary/aromatic N) is 9. The third-order valence-electron chi connectivity index (χ3n) is 16.7. The van der Waals surface area contributed by atoms with Crippen LogP contribution in [-0.2, 0) is 28.8 Å². The lowest BCUT2D eigenvalue weighted by Crippen LogP contribution is -2.46. The number of nitrogens with two attached hydrogens (primary N) is 3. The Morgan fingerprint density at radius 2 is 0.678 bits per heavy atom. The Morgan fingerprint density at radius 1 is 0.411 bits per heavy atom. The van der Waals surface area contributed by atoms with Gasteiger partial charge >= 0.3 is 35.4 Å². The number of piperidine rings is 3. The molecule has 0 aliphatic carbocycles. The SMILES string of the molecule is Cc1nc2cc([C@@H]3CC[C@@H](C)CN3C(=O)C(=O)Nc3cnc(N)c(C)c3)ccc2s1.Cc1nc2cc([C@H]3CC[C@H](C)CN3C(=O)C(=O)Nc3cnc(N)c(C)c3)ccc2s1.Cc1nc2cc([C@H]3CC[C@H](C)CN3C(=O)C(=O)Nc3cnc(N)c(C)c3)ccc2s1. The van der Waals surface area contributed by atoms with Crippen molar-refractivity contribution in [3.8, 4) is 0 Å². The molecule has 3 aliphatic heterocycles. The molecule has 3 aromatic carbocycles. The van der Waals surface area contributed by atoms with E-state index in [1.54, 1.807) is 87.7 Å². The molecule has 9 N–H and O–H groups in total. The van der Waals surface area contributed by atoms with Gasteiger partial charge in [0.2, 0.25) is 0 Å². The van der Waals surface area contributed by atoms with Crippen LogP contribution in [0.4, 0.5) is 34.5 Å². The van der Waals surface area contributed by atoms with Crippen LogP contribution < -0.4 is 33.2 Å². The molecule has 90 heavy (non-hydrogen) atoms. The number of nitrogens with one attached hydrogen (secondary N) is 3. The smallest absolute Gasteiger partial charge is 0.313 e. The first-order valence-corrected chi connectivity index (χ1v) is 32.5. The molecule has 6 atom stereocenters. The lowest BCUT2D eigenvalue weighted by atomic mass is 9.89. The van der Waals surface area contributed by atoms with E-state index in [9.17, 15) is 28.8 Å². The highest BCUT2D eigenvalue weighted by molar-refractivity contribution is 7.19. The number of fused-ring (bicyclic) bond motifs is 3. The first-order valence-electron chi connectivity index (χ1n) is 30.1. The number of carbonyl (C=O) groups is 6. The molecule has 3 fully saturated rings. The quantitative estimate of drug-likeness (QED) is 0.0843. The van der Waals surface area contributed by atoms with Crippen molar-refractivity contribution in [2.75, 3.05) is 52.8 Å². The fraction of sp³-hybridized carbons (Fsp3) is 0.364. The summed E-state index contributed by atoms with van der Waals surface area (Å²) in [6, 6.07) is 23.2. The van der Waals surface area contributed by atoms with E-state index >= 15 is 0 Å². The molecule has 9 heterocycles. The second kappa shape index (κ2) is 27.4. The van der Waals surface area contributed by atoms with Crippen molar-refractivity contribution in [2.45, 2.75) is 119 Å². The zero-order chi connectivity index (χ0) is 64.2. The van der Waals surface area contributed by atoms with E-state index in [-0.39, 0.29) is 18.1 Å². The molecule has 9 aromatic rings. The van der Waals surface area contributed by atoms with Crippen LogP contribution in [0.1, 0.15) is 126 Å². The highest BCUT2D eigenvalue weighted by atomic mass is 32.1. The van der Waals surface area contributed by atoms with Gasteiger partial charge in [-0.1, -0.05) is 39.0 Å². The Labute approximate surface area is 534 Å². The minimum Gasteiger partial charge on any atom is -0.383 e. The van der Waals surface area contributed by atoms with Crippen LogP contribution in [0.5, 0.6) is 0 Å². The normalized spacial score (nSPS) is 19.1. The highest BCUT2D eigenvalue weighted by Crippen LogP contribution is 2.39. The number of rotatable bonds is 6. The zero-order valence-electron chi connectivity index (χ0n) is 51.9. The van der Waals surface area contributed by atoms with Crippen molar-refractivity contribution in [1.29, 1.82) is 0 Å². The van der Waals surface area contributed by atoms with Gasteiger partial charge in [-0.25, -0.2) is 29.9 Å². The summed E-state index contributed by atoms with van der Waals surface area (Å²) in [6.45, 7) is 19.3. The number of aryl methyl sites for hydroxylation is 6. The molecule has 0 radical (unpaired) electrons. The molecule has 3 aliphatic rings. The summed E-state index contributed by atoms with van der Waals surface area (Å²) in [6.07, 6.45) is 9.85. The predicted molar refractivity (Wildman–Crippen MR) is 358 cm³/mol. The van der Waals surface area contributed by atoms with Crippen LogP contribution in [0.15, 0.2) is 91.4 Å². The number of thiazole rings is 3. The monoisotopic (exact) mass is 1270 g/mol. The van der Waals surface area contributed by atoms with Gasteiger partial charge in [0.25, 0.3) is 0 Å². The van der Waals surface area contributed by atoms with E-state index in [0.717, 1.165) is 118 Å². The number of hydrogen-bond donors (Lipinski definition) is 6. The number of anilines is 6. The minimum atomic E-state index is -0.661. The van der Waals surface area contributed by atoms with Crippen molar-refractivity contribution in [1.82, 2.24) is 44.6 Å². The van der Waals surface area contributed by atoms with Crippen molar-refractivity contribution < 1.29 is 28.8 Å². The number of pyridine rings is 3. The Morgan fingerprint density at radius 3 is 0.933 bits per heavy atom. The topological polar surface area (TPSA) is 304 Å². The molecule has 468 valence electrons. The summed E-state index contributed by atoms with van der Waals surface area (Å²) < 4.78 is 3.38. The van der Waals surface area contributed by atoms with Crippen LogP contribution in [0, 0.1) is 59.3 Å². The summed E-state index contributed by atoms with van der Waals surface area (Å²) in [5, 5.41) is 11.0. The molecular weight excluding hydrogens is 1200 g/mol. The lowest BCUT2D eigenvalue weighted by Gasteiger charge is -2.38. The third kappa shape index (κ3) is 14.8. The van der Waals surface area contributed by atoms with Gasteiger partial charge in [-0.05, 0) is 186 Å². The molecule has 21 nitrogen and oxygen atoms in total. The summed E-state index contributed by atoms with van der Waals surface area (Å²) in [5.74, 6) is -1.37. The molecule has 0 bridgehead atoms. The summed E-state index contributed by atoms with van der Waals surface area (Å²) >= 11 is 4.96. The molecule has 3 saturated heterocycles. The number of benzene rings is 3. The largest absolute Gasteiger partial charge is 0.383 e. The van der Waals surface area contributed by atoms with Crippen LogP contribution in [-0.4, -0.2) is 99.7 Å². The molecule has 0 unspecified atom stereocenters. The van der Waals surface area contributed by atoms with Gasteiger partial charge in [-0.15, -0.1) is 34.0 Å². The molecule has 6 aromatic heterocycles. The Bertz CT molecular complexity index is 3800. The maximum atomic E-state index is 13.1. The highest BCUT2D eigenvalue weighted by Gasteiger charge is 2.38. The van der Waals surface area contributed by atoms with Gasteiger partial charge in [0.15, 0.2) is 0 Å². The maximum absolute atomic E-state index is 13.1. The number of aromatic nitrogens is 6. The average Bonchev–Trinajstić information content (AvgIpc) is 1.43. The van der Waals surface area contributed by atoms with E-state index in [2.05, 4.69) is 84.8 Å². The number of nitrogen functional groups attached to an aromatic ring is 3. The van der Waals surface area contributed by atoms with Crippen molar-refractivity contribution in [2.24, 2.45) is 17.8 Å².